The molecule has 1 atom stereocenters. The zero-order valence-electron chi connectivity index (χ0n) is 8.99. The van der Waals surface area contributed by atoms with Gasteiger partial charge in [0.05, 0.1) is 4.92 Å². The van der Waals surface area contributed by atoms with Gasteiger partial charge < -0.3 is 5.73 Å². The maximum Gasteiger partial charge on any atom is 0.407 e. The Morgan fingerprint density at radius 3 is 2.47 bits per heavy atom. The molecule has 2 N–H and O–H groups in total. The summed E-state index contributed by atoms with van der Waals surface area (Å²) in [5.41, 5.74) is 4.80. The highest BCUT2D eigenvalue weighted by Gasteiger charge is 2.39. The maximum absolute atomic E-state index is 12.5. The fourth-order valence-corrected chi connectivity index (χ4v) is 1.48. The predicted octanol–water partition coefficient (Wildman–Crippen LogP) is 2.72. The molecule has 0 aliphatic heterocycles. The summed E-state index contributed by atoms with van der Waals surface area (Å²) in [7, 11) is 0. The van der Waals surface area contributed by atoms with E-state index >= 15 is 0 Å². The number of non-ortho nitro benzene ring substituents is 1. The normalized spacial score (nSPS) is 13.5. The third-order valence-electron chi connectivity index (χ3n) is 2.41. The van der Waals surface area contributed by atoms with Crippen molar-refractivity contribution in [3.8, 4) is 0 Å². The number of alkyl halides is 3. The molecule has 0 aromatic heterocycles. The number of hydrogen-bond acceptors (Lipinski definition) is 3. The summed E-state index contributed by atoms with van der Waals surface area (Å²) in [5.74, 6) is 0. The van der Waals surface area contributed by atoms with Gasteiger partial charge in [0.25, 0.3) is 5.69 Å². The molecule has 4 nitrogen and oxygen atoms in total. The average Bonchev–Trinajstić information content (AvgIpc) is 2.25. The summed E-state index contributed by atoms with van der Waals surface area (Å²) >= 11 is 0. The molecule has 0 bridgehead atoms. The Balaban J connectivity index is 3.28. The van der Waals surface area contributed by atoms with Crippen LogP contribution in [0.2, 0.25) is 0 Å². The first kappa shape index (κ1) is 13.4. The van der Waals surface area contributed by atoms with Crippen LogP contribution in [-0.2, 0) is 6.42 Å². The number of aryl methyl sites for hydroxylation is 1. The fourth-order valence-electron chi connectivity index (χ4n) is 1.48. The fraction of sp³-hybridized carbons (Fsp3) is 0.400. The monoisotopic (exact) mass is 248 g/mol. The molecule has 1 unspecified atom stereocenters. The van der Waals surface area contributed by atoms with Gasteiger partial charge in [0.2, 0.25) is 0 Å². The molecular formula is C10H11F3N2O2. The molecule has 0 aliphatic rings. The minimum Gasteiger partial charge on any atom is -0.316 e. The number of nitro benzene ring substituents is 1. The van der Waals surface area contributed by atoms with Gasteiger partial charge in [0, 0.05) is 12.1 Å². The van der Waals surface area contributed by atoms with Crippen LogP contribution >= 0.6 is 0 Å². The largest absolute Gasteiger partial charge is 0.407 e. The number of nitrogens with two attached hydrogens (primary N) is 1. The second kappa shape index (κ2) is 4.70. The Morgan fingerprint density at radius 1 is 1.47 bits per heavy atom. The summed E-state index contributed by atoms with van der Waals surface area (Å²) in [5, 5.41) is 10.5. The SMILES string of the molecule is CCc1ccc([N+](=O)[O-])cc1C(N)C(F)(F)F. The maximum atomic E-state index is 12.5. The zero-order chi connectivity index (χ0) is 13.2. The molecular weight excluding hydrogens is 237 g/mol. The van der Waals surface area contributed by atoms with Crippen LogP contribution in [0.5, 0.6) is 0 Å². The number of halogens is 3. The molecule has 0 amide bonds. The number of benzene rings is 1. The lowest BCUT2D eigenvalue weighted by Crippen LogP contribution is -2.29. The van der Waals surface area contributed by atoms with Crippen molar-refractivity contribution in [2.75, 3.05) is 0 Å². The molecule has 0 aliphatic carbocycles. The van der Waals surface area contributed by atoms with Gasteiger partial charge in [0.15, 0.2) is 0 Å². The van der Waals surface area contributed by atoms with Crippen molar-refractivity contribution < 1.29 is 18.1 Å². The number of rotatable bonds is 3. The highest BCUT2D eigenvalue weighted by Crippen LogP contribution is 2.34. The second-order valence-electron chi connectivity index (χ2n) is 3.51. The lowest BCUT2D eigenvalue weighted by Gasteiger charge is -2.18. The number of nitro groups is 1. The van der Waals surface area contributed by atoms with Crippen molar-refractivity contribution in [1.82, 2.24) is 0 Å². The first-order chi connectivity index (χ1) is 7.77. The van der Waals surface area contributed by atoms with E-state index in [1.54, 1.807) is 6.92 Å². The van der Waals surface area contributed by atoms with Crippen molar-refractivity contribution in [3.63, 3.8) is 0 Å². The van der Waals surface area contributed by atoms with Crippen LogP contribution in [0.15, 0.2) is 18.2 Å². The predicted molar refractivity (Wildman–Crippen MR) is 55.5 cm³/mol. The van der Waals surface area contributed by atoms with Crippen LogP contribution in [-0.4, -0.2) is 11.1 Å². The minimum absolute atomic E-state index is 0.241. The quantitative estimate of drug-likeness (QED) is 0.660. The molecule has 0 fully saturated rings. The Kier molecular flexibility index (Phi) is 3.72. The van der Waals surface area contributed by atoms with Crippen LogP contribution in [0.3, 0.4) is 0 Å². The Bertz CT molecular complexity index is 432. The molecule has 7 heteroatoms. The molecule has 17 heavy (non-hydrogen) atoms. The van der Waals surface area contributed by atoms with Crippen molar-refractivity contribution in [2.45, 2.75) is 25.6 Å². The third-order valence-corrected chi connectivity index (χ3v) is 2.41. The van der Waals surface area contributed by atoms with Crippen molar-refractivity contribution in [2.24, 2.45) is 5.73 Å². The molecule has 1 aromatic rings. The first-order valence-electron chi connectivity index (χ1n) is 4.87. The van der Waals surface area contributed by atoms with E-state index in [4.69, 9.17) is 5.73 Å². The van der Waals surface area contributed by atoms with Crippen molar-refractivity contribution in [3.05, 3.63) is 39.4 Å². The van der Waals surface area contributed by atoms with Crippen LogP contribution in [0.25, 0.3) is 0 Å². The summed E-state index contributed by atoms with van der Waals surface area (Å²) in [6.45, 7) is 1.66. The number of hydrogen-bond donors (Lipinski definition) is 1. The highest BCUT2D eigenvalue weighted by atomic mass is 19.4. The molecule has 0 spiro atoms. The number of nitrogens with zero attached hydrogens (tertiary/aromatic N) is 1. The van der Waals surface area contributed by atoms with Crippen LogP contribution in [0.4, 0.5) is 18.9 Å². The van der Waals surface area contributed by atoms with Crippen LogP contribution in [0, 0.1) is 10.1 Å². The average molecular weight is 248 g/mol. The molecule has 1 aromatic carbocycles. The van der Waals surface area contributed by atoms with Gasteiger partial charge in [-0.25, -0.2) is 0 Å². The molecule has 0 saturated heterocycles. The van der Waals surface area contributed by atoms with Crippen LogP contribution in [0.1, 0.15) is 24.1 Å². The van der Waals surface area contributed by atoms with Gasteiger partial charge in [-0.2, -0.15) is 13.2 Å². The summed E-state index contributed by atoms with van der Waals surface area (Å²) in [6.07, 6.45) is -4.28. The standard InChI is InChI=1S/C10H11F3N2O2/c1-2-6-3-4-7(15(16)17)5-8(6)9(14)10(11,12)13/h3-5,9H,2,14H2,1H3. The molecule has 0 saturated carbocycles. The minimum atomic E-state index is -4.61. The Morgan fingerprint density at radius 2 is 2.06 bits per heavy atom. The van der Waals surface area contributed by atoms with E-state index in [0.717, 1.165) is 6.07 Å². The van der Waals surface area contributed by atoms with Gasteiger partial charge in [-0.3, -0.25) is 10.1 Å². The van der Waals surface area contributed by atoms with Gasteiger partial charge >= 0.3 is 6.18 Å². The van der Waals surface area contributed by atoms with E-state index < -0.39 is 22.8 Å². The third kappa shape index (κ3) is 2.94. The lowest BCUT2D eigenvalue weighted by molar-refractivity contribution is -0.385. The van der Waals surface area contributed by atoms with Gasteiger partial charge in [0.1, 0.15) is 6.04 Å². The topological polar surface area (TPSA) is 69.2 Å². The zero-order valence-corrected chi connectivity index (χ0v) is 8.99. The molecule has 0 radical (unpaired) electrons. The Labute approximate surface area is 95.4 Å². The smallest absolute Gasteiger partial charge is 0.316 e. The van der Waals surface area contributed by atoms with E-state index in [0.29, 0.717) is 12.0 Å². The van der Waals surface area contributed by atoms with E-state index in [-0.39, 0.29) is 5.56 Å². The van der Waals surface area contributed by atoms with E-state index in [2.05, 4.69) is 0 Å². The van der Waals surface area contributed by atoms with Crippen molar-refractivity contribution >= 4 is 5.69 Å². The van der Waals surface area contributed by atoms with Gasteiger partial charge in [-0.05, 0) is 17.5 Å². The Hall–Kier alpha value is -1.63. The highest BCUT2D eigenvalue weighted by molar-refractivity contribution is 5.42. The molecule has 94 valence electrons. The van der Waals surface area contributed by atoms with E-state index in [1.165, 1.54) is 12.1 Å². The summed E-state index contributed by atoms with van der Waals surface area (Å²) < 4.78 is 37.5. The first-order valence-corrected chi connectivity index (χ1v) is 4.87. The van der Waals surface area contributed by atoms with Gasteiger partial charge in [-0.1, -0.05) is 13.0 Å². The molecule has 0 heterocycles. The molecule has 1 rings (SSSR count). The van der Waals surface area contributed by atoms with Crippen LogP contribution < -0.4 is 5.73 Å². The summed E-state index contributed by atoms with van der Waals surface area (Å²) in [6, 6.07) is 1.17. The van der Waals surface area contributed by atoms with Gasteiger partial charge in [-0.15, -0.1) is 0 Å². The van der Waals surface area contributed by atoms with Crippen molar-refractivity contribution in [1.29, 1.82) is 0 Å². The second-order valence-corrected chi connectivity index (χ2v) is 3.51. The van der Waals surface area contributed by atoms with E-state index in [1.807, 2.05) is 0 Å². The lowest BCUT2D eigenvalue weighted by atomic mass is 9.98. The van der Waals surface area contributed by atoms with E-state index in [9.17, 15) is 23.3 Å². The summed E-state index contributed by atoms with van der Waals surface area (Å²) in [4.78, 5) is 9.76.